The third-order valence-corrected chi connectivity index (χ3v) is 4.25. The fraction of sp³-hybridized carbons (Fsp3) is 0.385. The zero-order chi connectivity index (χ0) is 12.9. The monoisotopic (exact) mass is 253 g/mol. The number of sulfone groups is 1. The molecule has 94 valence electrons. The number of hydrogen-bond donors (Lipinski definition) is 1. The maximum Gasteiger partial charge on any atom is 0.180 e. The van der Waals surface area contributed by atoms with E-state index in [1.807, 2.05) is 19.9 Å². The molecule has 1 aromatic rings. The van der Waals surface area contributed by atoms with Gasteiger partial charge in [-0.15, -0.1) is 0 Å². The summed E-state index contributed by atoms with van der Waals surface area (Å²) in [5, 5.41) is 3.10. The van der Waals surface area contributed by atoms with E-state index in [1.54, 1.807) is 18.2 Å². The molecule has 0 radical (unpaired) electrons. The highest BCUT2D eigenvalue weighted by Gasteiger charge is 2.16. The summed E-state index contributed by atoms with van der Waals surface area (Å²) >= 11 is 0. The first-order valence-corrected chi connectivity index (χ1v) is 7.32. The molecule has 3 nitrogen and oxygen atoms in total. The van der Waals surface area contributed by atoms with Crippen molar-refractivity contribution in [1.82, 2.24) is 0 Å². The number of para-hydroxylation sites is 1. The van der Waals surface area contributed by atoms with Gasteiger partial charge >= 0.3 is 0 Å². The number of anilines is 1. The van der Waals surface area contributed by atoms with Crippen LogP contribution in [0, 0.1) is 0 Å². The summed E-state index contributed by atoms with van der Waals surface area (Å²) in [6, 6.07) is 7.00. The number of benzene rings is 1. The molecule has 0 spiro atoms. The van der Waals surface area contributed by atoms with Crippen LogP contribution in [0.4, 0.5) is 5.69 Å². The van der Waals surface area contributed by atoms with Crippen molar-refractivity contribution in [2.45, 2.75) is 25.2 Å². The quantitative estimate of drug-likeness (QED) is 0.793. The van der Waals surface area contributed by atoms with Crippen molar-refractivity contribution in [1.29, 1.82) is 0 Å². The first-order chi connectivity index (χ1) is 7.97. The Hall–Kier alpha value is -1.29. The lowest BCUT2D eigenvalue weighted by Crippen LogP contribution is -2.11. The molecule has 1 aromatic carbocycles. The molecule has 1 rings (SSSR count). The first-order valence-electron chi connectivity index (χ1n) is 5.67. The maximum atomic E-state index is 12.0. The van der Waals surface area contributed by atoms with Gasteiger partial charge in [-0.25, -0.2) is 8.42 Å². The lowest BCUT2D eigenvalue weighted by atomic mass is 10.3. The smallest absolute Gasteiger partial charge is 0.180 e. The summed E-state index contributed by atoms with van der Waals surface area (Å²) in [5.74, 6) is 0.179. The van der Waals surface area contributed by atoms with E-state index >= 15 is 0 Å². The highest BCUT2D eigenvalue weighted by Crippen LogP contribution is 2.22. The third-order valence-electron chi connectivity index (χ3n) is 2.28. The van der Waals surface area contributed by atoms with Crippen LogP contribution in [0.3, 0.4) is 0 Å². The molecule has 4 heteroatoms. The van der Waals surface area contributed by atoms with Gasteiger partial charge in [0.25, 0.3) is 0 Å². The third kappa shape index (κ3) is 3.89. The van der Waals surface area contributed by atoms with E-state index in [0.29, 0.717) is 23.5 Å². The summed E-state index contributed by atoms with van der Waals surface area (Å²) in [5.41, 5.74) is 1.62. The molecule has 0 bridgehead atoms. The Morgan fingerprint density at radius 3 is 2.59 bits per heavy atom. The molecule has 0 aliphatic carbocycles. The predicted octanol–water partition coefficient (Wildman–Crippen LogP) is 2.86. The minimum atomic E-state index is -3.18. The topological polar surface area (TPSA) is 46.2 Å². The molecule has 0 aliphatic rings. The summed E-state index contributed by atoms with van der Waals surface area (Å²) in [4.78, 5) is 0.378. The Morgan fingerprint density at radius 2 is 2.00 bits per heavy atom. The van der Waals surface area contributed by atoms with Crippen molar-refractivity contribution in [3.63, 3.8) is 0 Å². The van der Waals surface area contributed by atoms with Gasteiger partial charge in [-0.3, -0.25) is 0 Å². The van der Waals surface area contributed by atoms with E-state index in [1.165, 1.54) is 0 Å². The molecule has 0 aliphatic heterocycles. The average Bonchev–Trinajstić information content (AvgIpc) is 2.26. The second kappa shape index (κ2) is 5.87. The van der Waals surface area contributed by atoms with Gasteiger partial charge in [0.05, 0.1) is 16.3 Å². The fourth-order valence-corrected chi connectivity index (χ4v) is 3.03. The highest BCUT2D eigenvalue weighted by atomic mass is 32.2. The molecule has 0 heterocycles. The van der Waals surface area contributed by atoms with E-state index in [2.05, 4.69) is 11.9 Å². The van der Waals surface area contributed by atoms with E-state index in [9.17, 15) is 8.42 Å². The standard InChI is InChI=1S/C13H19NO2S/c1-4-9-17(15,16)13-8-6-5-7-12(13)14-10-11(2)3/h5-8,14H,2,4,9-10H2,1,3H3. The van der Waals surface area contributed by atoms with Crippen LogP contribution in [0.15, 0.2) is 41.3 Å². The lowest BCUT2D eigenvalue weighted by molar-refractivity contribution is 0.595. The van der Waals surface area contributed by atoms with Gasteiger partial charge in [-0.1, -0.05) is 31.2 Å². The molecular formula is C13H19NO2S. The van der Waals surface area contributed by atoms with Gasteiger partial charge in [0.15, 0.2) is 9.84 Å². The summed E-state index contributed by atoms with van der Waals surface area (Å²) in [7, 11) is -3.18. The fourth-order valence-electron chi connectivity index (χ4n) is 1.51. The van der Waals surface area contributed by atoms with Crippen LogP contribution in [-0.4, -0.2) is 20.7 Å². The molecule has 0 aromatic heterocycles. The predicted molar refractivity (Wildman–Crippen MR) is 72.1 cm³/mol. The van der Waals surface area contributed by atoms with Gasteiger partial charge in [-0.05, 0) is 25.5 Å². The van der Waals surface area contributed by atoms with Gasteiger partial charge in [0, 0.05) is 6.54 Å². The molecule has 0 amide bonds. The highest BCUT2D eigenvalue weighted by molar-refractivity contribution is 7.91. The van der Waals surface area contributed by atoms with Crippen LogP contribution in [0.25, 0.3) is 0 Å². The Morgan fingerprint density at radius 1 is 1.35 bits per heavy atom. The Labute approximate surface area is 103 Å². The molecule has 1 N–H and O–H groups in total. The van der Waals surface area contributed by atoms with Gasteiger partial charge in [0.2, 0.25) is 0 Å². The van der Waals surface area contributed by atoms with Crippen molar-refractivity contribution >= 4 is 15.5 Å². The number of nitrogens with one attached hydrogen (secondary N) is 1. The molecule has 17 heavy (non-hydrogen) atoms. The normalized spacial score (nSPS) is 11.2. The van der Waals surface area contributed by atoms with Crippen molar-refractivity contribution in [2.24, 2.45) is 0 Å². The van der Waals surface area contributed by atoms with E-state index in [0.717, 1.165) is 5.57 Å². The first kappa shape index (κ1) is 13.8. The Kier molecular flexibility index (Phi) is 4.75. The molecule has 0 atom stereocenters. The maximum absolute atomic E-state index is 12.0. The van der Waals surface area contributed by atoms with Crippen molar-refractivity contribution in [3.8, 4) is 0 Å². The SMILES string of the molecule is C=C(C)CNc1ccccc1S(=O)(=O)CCC. The minimum Gasteiger partial charge on any atom is -0.380 e. The van der Waals surface area contributed by atoms with Crippen LogP contribution < -0.4 is 5.32 Å². The second-order valence-electron chi connectivity index (χ2n) is 4.13. The second-order valence-corrected chi connectivity index (χ2v) is 6.20. The Balaban J connectivity index is 3.03. The van der Waals surface area contributed by atoms with Crippen molar-refractivity contribution in [2.75, 3.05) is 17.6 Å². The van der Waals surface area contributed by atoms with Crippen LogP contribution in [0.2, 0.25) is 0 Å². The molecule has 0 saturated carbocycles. The average molecular weight is 253 g/mol. The van der Waals surface area contributed by atoms with Crippen molar-refractivity contribution in [3.05, 3.63) is 36.4 Å². The van der Waals surface area contributed by atoms with Gasteiger partial charge in [0.1, 0.15) is 0 Å². The van der Waals surface area contributed by atoms with Crippen LogP contribution >= 0.6 is 0 Å². The van der Waals surface area contributed by atoms with E-state index in [-0.39, 0.29) is 5.75 Å². The Bertz CT molecular complexity index is 492. The summed E-state index contributed by atoms with van der Waals surface area (Å²) in [6.07, 6.45) is 0.622. The largest absolute Gasteiger partial charge is 0.380 e. The zero-order valence-electron chi connectivity index (χ0n) is 10.4. The minimum absolute atomic E-state index is 0.179. The lowest BCUT2D eigenvalue weighted by Gasteiger charge is -2.12. The van der Waals surface area contributed by atoms with E-state index < -0.39 is 9.84 Å². The molecule has 0 fully saturated rings. The zero-order valence-corrected chi connectivity index (χ0v) is 11.2. The van der Waals surface area contributed by atoms with Crippen LogP contribution in [0.1, 0.15) is 20.3 Å². The number of hydrogen-bond acceptors (Lipinski definition) is 3. The van der Waals surface area contributed by atoms with Crippen LogP contribution in [-0.2, 0) is 9.84 Å². The summed E-state index contributed by atoms with van der Waals surface area (Å²) in [6.45, 7) is 8.13. The van der Waals surface area contributed by atoms with Crippen LogP contribution in [0.5, 0.6) is 0 Å². The van der Waals surface area contributed by atoms with Crippen molar-refractivity contribution < 1.29 is 8.42 Å². The molecular weight excluding hydrogens is 234 g/mol. The molecule has 0 saturated heterocycles. The van der Waals surface area contributed by atoms with Gasteiger partial charge < -0.3 is 5.32 Å². The summed E-state index contributed by atoms with van der Waals surface area (Å²) < 4.78 is 24.1. The van der Waals surface area contributed by atoms with Gasteiger partial charge in [-0.2, -0.15) is 0 Å². The number of rotatable bonds is 6. The van der Waals surface area contributed by atoms with E-state index in [4.69, 9.17) is 0 Å². The molecule has 0 unspecified atom stereocenters.